The summed E-state index contributed by atoms with van der Waals surface area (Å²) in [5.74, 6) is -0.599. The van der Waals surface area contributed by atoms with Crippen molar-refractivity contribution in [3.8, 4) is 0 Å². The van der Waals surface area contributed by atoms with E-state index in [1.807, 2.05) is 45.0 Å². The smallest absolute Gasteiger partial charge is 0.274 e. The number of hydrogen-bond acceptors (Lipinski definition) is 3. The first-order valence-corrected chi connectivity index (χ1v) is 8.83. The lowest BCUT2D eigenvalue weighted by atomic mass is 9.95. The maximum absolute atomic E-state index is 12.8. The normalized spacial score (nSPS) is 12.2. The van der Waals surface area contributed by atoms with Gasteiger partial charge in [-0.15, -0.1) is 0 Å². The van der Waals surface area contributed by atoms with Gasteiger partial charge >= 0.3 is 0 Å². The molecule has 6 heteroatoms. The number of carbonyl (C=O) groups excluding carboxylic acids is 2. The molecule has 0 saturated carbocycles. The Morgan fingerprint density at radius 1 is 1.00 bits per heavy atom. The number of carbonyl (C=O) groups is 2. The predicted octanol–water partition coefficient (Wildman–Crippen LogP) is 3.72. The van der Waals surface area contributed by atoms with Gasteiger partial charge in [-0.25, -0.2) is 5.48 Å². The van der Waals surface area contributed by atoms with Gasteiger partial charge in [-0.1, -0.05) is 37.6 Å². The van der Waals surface area contributed by atoms with Gasteiger partial charge in [0.15, 0.2) is 0 Å². The fourth-order valence-corrected chi connectivity index (χ4v) is 3.13. The number of rotatable bonds is 5. The van der Waals surface area contributed by atoms with E-state index in [-0.39, 0.29) is 17.9 Å². The molecule has 0 aliphatic rings. The van der Waals surface area contributed by atoms with Gasteiger partial charge in [0.2, 0.25) is 0 Å². The highest BCUT2D eigenvalue weighted by atomic mass is 16.5. The lowest BCUT2D eigenvalue weighted by Crippen LogP contribution is -2.32. The zero-order valence-electron chi connectivity index (χ0n) is 15.5. The fraction of sp³-hybridized carbons (Fsp3) is 0.238. The highest BCUT2D eigenvalue weighted by Crippen LogP contribution is 2.24. The molecule has 4 N–H and O–H groups in total. The van der Waals surface area contributed by atoms with Gasteiger partial charge in [-0.2, -0.15) is 0 Å². The maximum Gasteiger partial charge on any atom is 0.274 e. The van der Waals surface area contributed by atoms with Gasteiger partial charge < -0.3 is 10.3 Å². The molecule has 3 rings (SSSR count). The zero-order chi connectivity index (χ0) is 19.6. The summed E-state index contributed by atoms with van der Waals surface area (Å²) in [5.41, 5.74) is 5.42. The van der Waals surface area contributed by atoms with Crippen LogP contribution in [0.15, 0.2) is 48.5 Å². The van der Waals surface area contributed by atoms with Crippen molar-refractivity contribution in [1.29, 1.82) is 0 Å². The third kappa shape index (κ3) is 4.01. The second-order valence-electron chi connectivity index (χ2n) is 7.03. The summed E-state index contributed by atoms with van der Waals surface area (Å²) in [4.78, 5) is 27.4. The van der Waals surface area contributed by atoms with Crippen LogP contribution in [-0.2, 0) is 0 Å². The Morgan fingerprint density at radius 3 is 2.33 bits per heavy atom. The molecule has 0 aliphatic heterocycles. The average Bonchev–Trinajstić information content (AvgIpc) is 3.08. The number of aromatic nitrogens is 1. The van der Waals surface area contributed by atoms with E-state index in [0.29, 0.717) is 11.3 Å². The number of amides is 2. The van der Waals surface area contributed by atoms with E-state index in [0.717, 1.165) is 22.0 Å². The number of aryl methyl sites for hydroxylation is 1. The van der Waals surface area contributed by atoms with Crippen LogP contribution < -0.4 is 10.8 Å². The van der Waals surface area contributed by atoms with E-state index in [1.165, 1.54) is 0 Å². The number of aromatic amines is 1. The third-order valence-electron chi connectivity index (χ3n) is 4.61. The molecule has 1 unspecified atom stereocenters. The van der Waals surface area contributed by atoms with Crippen LogP contribution in [-0.4, -0.2) is 22.0 Å². The molecule has 3 aromatic rings. The Kier molecular flexibility index (Phi) is 5.28. The molecule has 1 atom stereocenters. The van der Waals surface area contributed by atoms with Crippen LogP contribution in [0.25, 0.3) is 10.9 Å². The number of H-pyrrole nitrogens is 1. The Labute approximate surface area is 157 Å². The first-order valence-electron chi connectivity index (χ1n) is 8.83. The van der Waals surface area contributed by atoms with Gasteiger partial charge in [0.05, 0.1) is 6.04 Å². The summed E-state index contributed by atoms with van der Waals surface area (Å²) < 4.78 is 0. The fourth-order valence-electron chi connectivity index (χ4n) is 3.13. The molecule has 2 amide bonds. The van der Waals surface area contributed by atoms with Crippen LogP contribution in [0.2, 0.25) is 0 Å². The van der Waals surface area contributed by atoms with E-state index in [4.69, 9.17) is 5.21 Å². The monoisotopic (exact) mass is 365 g/mol. The minimum Gasteiger partial charge on any atom is -0.351 e. The van der Waals surface area contributed by atoms with Crippen molar-refractivity contribution in [1.82, 2.24) is 15.8 Å². The molecular formula is C21H23N3O3. The topological polar surface area (TPSA) is 94.2 Å². The molecule has 27 heavy (non-hydrogen) atoms. The van der Waals surface area contributed by atoms with Crippen molar-refractivity contribution in [2.75, 3.05) is 0 Å². The van der Waals surface area contributed by atoms with Crippen LogP contribution in [0.4, 0.5) is 0 Å². The van der Waals surface area contributed by atoms with Gasteiger partial charge in [0.1, 0.15) is 5.69 Å². The lowest BCUT2D eigenvalue weighted by Gasteiger charge is -2.23. The van der Waals surface area contributed by atoms with Crippen molar-refractivity contribution in [2.24, 2.45) is 5.92 Å². The Balaban J connectivity index is 1.82. The van der Waals surface area contributed by atoms with Crippen LogP contribution in [0.3, 0.4) is 0 Å². The first kappa shape index (κ1) is 18.7. The molecule has 6 nitrogen and oxygen atoms in total. The largest absolute Gasteiger partial charge is 0.351 e. The molecule has 1 heterocycles. The summed E-state index contributed by atoms with van der Waals surface area (Å²) in [6, 6.07) is 14.4. The average molecular weight is 365 g/mol. The predicted molar refractivity (Wildman–Crippen MR) is 104 cm³/mol. The van der Waals surface area contributed by atoms with Crippen molar-refractivity contribution < 1.29 is 14.8 Å². The van der Waals surface area contributed by atoms with Gasteiger partial charge in [0, 0.05) is 16.5 Å². The molecule has 140 valence electrons. The van der Waals surface area contributed by atoms with Crippen LogP contribution >= 0.6 is 0 Å². The van der Waals surface area contributed by atoms with Gasteiger partial charge in [-0.05, 0) is 48.7 Å². The van der Waals surface area contributed by atoms with Crippen molar-refractivity contribution in [3.63, 3.8) is 0 Å². The standard InChI is InChI=1S/C21H23N3O3/c1-12(2)19(14-5-7-15(8-6-14)20(25)24-27)23-21(26)18-11-16-10-13(3)4-9-17(16)22-18/h4-12,19,22,27H,1-3H3,(H,23,26)(H,24,25). The number of benzene rings is 2. The van der Waals surface area contributed by atoms with Crippen LogP contribution in [0.5, 0.6) is 0 Å². The van der Waals surface area contributed by atoms with Crippen molar-refractivity contribution in [3.05, 3.63) is 70.9 Å². The summed E-state index contributed by atoms with van der Waals surface area (Å²) in [6.45, 7) is 6.06. The van der Waals surface area contributed by atoms with Gasteiger partial charge in [-0.3, -0.25) is 14.8 Å². The minimum absolute atomic E-state index is 0.151. The van der Waals surface area contributed by atoms with Crippen molar-refractivity contribution in [2.45, 2.75) is 26.8 Å². The summed E-state index contributed by atoms with van der Waals surface area (Å²) in [5, 5.41) is 12.8. The van der Waals surface area contributed by atoms with E-state index >= 15 is 0 Å². The molecule has 0 radical (unpaired) electrons. The quantitative estimate of drug-likeness (QED) is 0.410. The second-order valence-corrected chi connectivity index (χ2v) is 7.03. The molecule has 2 aromatic carbocycles. The van der Waals surface area contributed by atoms with Crippen LogP contribution in [0.1, 0.15) is 51.9 Å². The summed E-state index contributed by atoms with van der Waals surface area (Å²) in [7, 11) is 0. The molecular weight excluding hydrogens is 342 g/mol. The minimum atomic E-state index is -0.569. The van der Waals surface area contributed by atoms with Crippen LogP contribution in [0, 0.1) is 12.8 Å². The number of nitrogens with one attached hydrogen (secondary N) is 3. The highest BCUT2D eigenvalue weighted by Gasteiger charge is 2.20. The summed E-state index contributed by atoms with van der Waals surface area (Å²) >= 11 is 0. The molecule has 0 aliphatic carbocycles. The maximum atomic E-state index is 12.8. The molecule has 0 spiro atoms. The van der Waals surface area contributed by atoms with Gasteiger partial charge in [0.25, 0.3) is 11.8 Å². The molecule has 0 bridgehead atoms. The zero-order valence-corrected chi connectivity index (χ0v) is 15.5. The highest BCUT2D eigenvalue weighted by molar-refractivity contribution is 5.98. The first-order chi connectivity index (χ1) is 12.9. The van der Waals surface area contributed by atoms with E-state index in [9.17, 15) is 9.59 Å². The van der Waals surface area contributed by atoms with E-state index in [1.54, 1.807) is 29.7 Å². The lowest BCUT2D eigenvalue weighted by molar-refractivity contribution is 0.0706. The Bertz CT molecular complexity index is 974. The number of hydrogen-bond donors (Lipinski definition) is 4. The van der Waals surface area contributed by atoms with E-state index in [2.05, 4.69) is 10.3 Å². The third-order valence-corrected chi connectivity index (χ3v) is 4.61. The van der Waals surface area contributed by atoms with E-state index < -0.39 is 5.91 Å². The van der Waals surface area contributed by atoms with Crippen molar-refractivity contribution >= 4 is 22.7 Å². The Hall–Kier alpha value is -3.12. The summed E-state index contributed by atoms with van der Waals surface area (Å²) in [6.07, 6.45) is 0. The molecule has 0 fully saturated rings. The second kappa shape index (κ2) is 7.63. The molecule has 0 saturated heterocycles. The Morgan fingerprint density at radius 2 is 1.70 bits per heavy atom. The number of fused-ring (bicyclic) bond motifs is 1. The SMILES string of the molecule is Cc1ccc2[nH]c(C(=O)NC(c3ccc(C(=O)NO)cc3)C(C)C)cc2c1. The number of hydroxylamine groups is 1. The molecule has 1 aromatic heterocycles.